The Morgan fingerprint density at radius 3 is 2.28 bits per heavy atom. The van der Waals surface area contributed by atoms with E-state index >= 15 is 0 Å². The Hall–Kier alpha value is -1.87. The number of nitrogens with zero attached hydrogens (tertiary/aromatic N) is 3. The lowest BCUT2D eigenvalue weighted by Crippen LogP contribution is -2.49. The number of hydrogen-bond acceptors (Lipinski definition) is 6. The molecule has 9 heteroatoms. The first-order valence-electron chi connectivity index (χ1n) is 10.6. The van der Waals surface area contributed by atoms with Crippen LogP contribution in [-0.2, 0) is 14.3 Å². The summed E-state index contributed by atoms with van der Waals surface area (Å²) in [6.45, 7) is 8.49. The Kier molecular flexibility index (Phi) is 6.68. The predicted molar refractivity (Wildman–Crippen MR) is 105 cm³/mol. The third-order valence-electron chi connectivity index (χ3n) is 6.79. The molecule has 29 heavy (non-hydrogen) atoms. The van der Waals surface area contributed by atoms with Crippen LogP contribution in [0.5, 0.6) is 0 Å². The largest absolute Gasteiger partial charge is 0.481 e. The summed E-state index contributed by atoms with van der Waals surface area (Å²) in [5, 5.41) is 18.6. The van der Waals surface area contributed by atoms with Crippen molar-refractivity contribution in [2.75, 3.05) is 39.3 Å². The van der Waals surface area contributed by atoms with Crippen LogP contribution in [0.25, 0.3) is 0 Å². The maximum atomic E-state index is 12.4. The third kappa shape index (κ3) is 5.01. The lowest BCUT2D eigenvalue weighted by molar-refractivity contribution is -0.159. The number of likely N-dealkylation sites (tertiary alicyclic amines) is 2. The minimum atomic E-state index is -1.19. The Morgan fingerprint density at radius 1 is 1.14 bits per heavy atom. The van der Waals surface area contributed by atoms with E-state index in [0.717, 1.165) is 25.9 Å². The molecule has 3 rings (SSSR count). The number of ether oxygens (including phenoxy) is 1. The zero-order valence-corrected chi connectivity index (χ0v) is 17.4. The van der Waals surface area contributed by atoms with Crippen molar-refractivity contribution in [2.24, 2.45) is 5.41 Å². The van der Waals surface area contributed by atoms with E-state index in [9.17, 15) is 19.5 Å². The predicted octanol–water partition coefficient (Wildman–Crippen LogP) is 1.32. The summed E-state index contributed by atoms with van der Waals surface area (Å²) in [6.07, 6.45) is 1.69. The van der Waals surface area contributed by atoms with E-state index in [2.05, 4.69) is 23.6 Å². The molecule has 3 fully saturated rings. The van der Waals surface area contributed by atoms with Gasteiger partial charge in [-0.2, -0.15) is 0 Å². The molecule has 1 unspecified atom stereocenters. The first kappa shape index (κ1) is 21.8. The molecule has 9 nitrogen and oxygen atoms in total. The number of aliphatic carboxylic acids is 2. The van der Waals surface area contributed by atoms with Crippen molar-refractivity contribution in [2.45, 2.75) is 64.1 Å². The highest BCUT2D eigenvalue weighted by Gasteiger charge is 2.44. The van der Waals surface area contributed by atoms with E-state index in [1.807, 2.05) is 4.90 Å². The second-order valence-corrected chi connectivity index (χ2v) is 8.98. The number of carboxylic acid groups (broad SMARTS) is 2. The number of cyclic esters (lactones) is 1. The first-order valence-corrected chi connectivity index (χ1v) is 10.6. The molecule has 0 spiro atoms. The van der Waals surface area contributed by atoms with Crippen LogP contribution in [0.4, 0.5) is 4.79 Å². The molecule has 3 aliphatic rings. The van der Waals surface area contributed by atoms with Crippen molar-refractivity contribution in [1.29, 1.82) is 0 Å². The van der Waals surface area contributed by atoms with Gasteiger partial charge < -0.3 is 24.7 Å². The molecular formula is C20H33N3O6. The van der Waals surface area contributed by atoms with Crippen molar-refractivity contribution in [3.05, 3.63) is 0 Å². The molecule has 1 amide bonds. The summed E-state index contributed by atoms with van der Waals surface area (Å²) in [5.41, 5.74) is -1.19. The van der Waals surface area contributed by atoms with Crippen LogP contribution in [-0.4, -0.2) is 100 Å². The zero-order valence-electron chi connectivity index (χ0n) is 17.4. The van der Waals surface area contributed by atoms with Gasteiger partial charge in [-0.05, 0) is 52.6 Å². The zero-order chi connectivity index (χ0) is 21.2. The van der Waals surface area contributed by atoms with Gasteiger partial charge in [0.2, 0.25) is 0 Å². The Morgan fingerprint density at radius 2 is 1.76 bits per heavy atom. The van der Waals surface area contributed by atoms with E-state index in [0.29, 0.717) is 45.1 Å². The van der Waals surface area contributed by atoms with Crippen LogP contribution < -0.4 is 0 Å². The van der Waals surface area contributed by atoms with Gasteiger partial charge in [0.15, 0.2) is 0 Å². The molecule has 164 valence electrons. The van der Waals surface area contributed by atoms with Crippen molar-refractivity contribution in [3.63, 3.8) is 0 Å². The number of rotatable bonds is 7. The summed E-state index contributed by atoms with van der Waals surface area (Å²) < 4.78 is 5.59. The summed E-state index contributed by atoms with van der Waals surface area (Å²) >= 11 is 0. The average Bonchev–Trinajstić information content (AvgIpc) is 3.03. The molecule has 3 saturated heterocycles. The van der Waals surface area contributed by atoms with Crippen LogP contribution >= 0.6 is 0 Å². The van der Waals surface area contributed by atoms with E-state index in [-0.39, 0.29) is 24.7 Å². The van der Waals surface area contributed by atoms with Gasteiger partial charge in [-0.1, -0.05) is 0 Å². The van der Waals surface area contributed by atoms with Gasteiger partial charge in [0.1, 0.15) is 6.10 Å². The molecule has 0 aromatic rings. The second kappa shape index (κ2) is 8.87. The monoisotopic (exact) mass is 411 g/mol. The SMILES string of the molecule is CC(C)N1CCC(N2CC(CN3CCC(CC(=O)O)(C(=O)O)CC3)OC2=O)CC1. The Balaban J connectivity index is 1.48. The summed E-state index contributed by atoms with van der Waals surface area (Å²) in [5.74, 6) is -2.12. The molecule has 0 aromatic heterocycles. The van der Waals surface area contributed by atoms with Crippen molar-refractivity contribution >= 4 is 18.0 Å². The van der Waals surface area contributed by atoms with Gasteiger partial charge in [-0.25, -0.2) is 4.79 Å². The second-order valence-electron chi connectivity index (χ2n) is 8.98. The molecule has 2 N–H and O–H groups in total. The quantitative estimate of drug-likeness (QED) is 0.645. The molecule has 0 aliphatic carbocycles. The Bertz CT molecular complexity index is 624. The van der Waals surface area contributed by atoms with Crippen LogP contribution in [0.3, 0.4) is 0 Å². The fourth-order valence-corrected chi connectivity index (χ4v) is 4.86. The molecule has 0 bridgehead atoms. The van der Waals surface area contributed by atoms with Crippen LogP contribution in [0.1, 0.15) is 46.0 Å². The summed E-state index contributed by atoms with van der Waals surface area (Å²) in [7, 11) is 0. The fourth-order valence-electron chi connectivity index (χ4n) is 4.86. The molecule has 0 saturated carbocycles. The fraction of sp³-hybridized carbons (Fsp3) is 0.850. The summed E-state index contributed by atoms with van der Waals surface area (Å²) in [4.78, 5) is 41.5. The topological polar surface area (TPSA) is 111 Å². The normalized spacial score (nSPS) is 26.7. The van der Waals surface area contributed by atoms with Gasteiger partial charge in [0.05, 0.1) is 18.4 Å². The maximum absolute atomic E-state index is 12.4. The first-order chi connectivity index (χ1) is 13.7. The molecule has 1 atom stereocenters. The molecule has 0 radical (unpaired) electrons. The number of hydrogen-bond donors (Lipinski definition) is 2. The van der Waals surface area contributed by atoms with E-state index in [4.69, 9.17) is 9.84 Å². The standard InChI is InChI=1S/C20H33N3O6/c1-14(2)22-7-3-15(4-8-22)23-13-16(29-19(23)28)12-21-9-5-20(6-10-21,18(26)27)11-17(24)25/h14-16H,3-13H2,1-2H3,(H,24,25)(H,26,27). The lowest BCUT2D eigenvalue weighted by atomic mass is 9.75. The number of carbonyl (C=O) groups is 3. The summed E-state index contributed by atoms with van der Waals surface area (Å²) in [6, 6.07) is 0.742. The third-order valence-corrected chi connectivity index (χ3v) is 6.79. The Labute approximate surface area is 171 Å². The van der Waals surface area contributed by atoms with Gasteiger partial charge in [0, 0.05) is 31.7 Å². The minimum absolute atomic E-state index is 0.220. The molecule has 3 heterocycles. The highest BCUT2D eigenvalue weighted by Crippen LogP contribution is 2.36. The van der Waals surface area contributed by atoms with Crippen molar-refractivity contribution < 1.29 is 29.3 Å². The molecule has 0 aromatic carbocycles. The van der Waals surface area contributed by atoms with Crippen LogP contribution in [0, 0.1) is 5.41 Å². The highest BCUT2D eigenvalue weighted by atomic mass is 16.6. The number of carbonyl (C=O) groups excluding carboxylic acids is 1. The minimum Gasteiger partial charge on any atom is -0.481 e. The van der Waals surface area contributed by atoms with E-state index in [1.165, 1.54) is 0 Å². The van der Waals surface area contributed by atoms with Gasteiger partial charge >= 0.3 is 18.0 Å². The molecule has 3 aliphatic heterocycles. The van der Waals surface area contributed by atoms with E-state index in [1.54, 1.807) is 0 Å². The van der Waals surface area contributed by atoms with E-state index < -0.39 is 17.4 Å². The number of piperidine rings is 2. The smallest absolute Gasteiger partial charge is 0.410 e. The maximum Gasteiger partial charge on any atom is 0.410 e. The average molecular weight is 411 g/mol. The van der Waals surface area contributed by atoms with Crippen molar-refractivity contribution in [3.8, 4) is 0 Å². The lowest BCUT2D eigenvalue weighted by Gasteiger charge is -2.38. The van der Waals surface area contributed by atoms with Crippen molar-refractivity contribution in [1.82, 2.24) is 14.7 Å². The van der Waals surface area contributed by atoms with Gasteiger partial charge in [-0.15, -0.1) is 0 Å². The van der Waals surface area contributed by atoms with Gasteiger partial charge in [0.25, 0.3) is 0 Å². The number of carboxylic acids is 2. The van der Waals surface area contributed by atoms with Crippen LogP contribution in [0.15, 0.2) is 0 Å². The number of amides is 1. The molecular weight excluding hydrogens is 378 g/mol. The van der Waals surface area contributed by atoms with Crippen LogP contribution in [0.2, 0.25) is 0 Å². The highest BCUT2D eigenvalue weighted by molar-refractivity contribution is 5.81. The van der Waals surface area contributed by atoms with Gasteiger partial charge in [-0.3, -0.25) is 14.5 Å².